The maximum Gasteiger partial charge on any atom is 1.00 e. The zero-order valence-corrected chi connectivity index (χ0v) is 5.28. The third-order valence-electron chi connectivity index (χ3n) is 0. The van der Waals surface area contributed by atoms with E-state index in [0.717, 1.165) is 0 Å². The summed E-state index contributed by atoms with van der Waals surface area (Å²) in [6.07, 6.45) is 0. The van der Waals surface area contributed by atoms with Gasteiger partial charge < -0.3 is 12.7 Å². The molecule has 0 aromatic rings. The van der Waals surface area contributed by atoms with Gasteiger partial charge in [0, 0.05) is 0 Å². The zero-order valence-electron chi connectivity index (χ0n) is 3.80. The Morgan fingerprint density at radius 2 is 1.20 bits per heavy atom. The molecule has 0 atom stereocenters. The van der Waals surface area contributed by atoms with Crippen molar-refractivity contribution in [3.8, 4) is 0 Å². The van der Waals surface area contributed by atoms with Gasteiger partial charge in [0.25, 0.3) is 0 Å². The largest absolute Gasteiger partial charge is 1.00 e. The zero-order chi connectivity index (χ0) is 2.71. The number of hydrogen-bond donors (Lipinski definition) is 1. The van der Waals surface area contributed by atoms with Gasteiger partial charge in [-0.1, -0.05) is 0 Å². The maximum absolute atomic E-state index is 2.75. The number of rotatable bonds is 0. The minimum atomic E-state index is 0. The van der Waals surface area contributed by atoms with Gasteiger partial charge in [0.05, 0.1) is 0 Å². The van der Waals surface area contributed by atoms with Crippen molar-refractivity contribution >= 4 is 0 Å². The van der Waals surface area contributed by atoms with Gasteiger partial charge in [0.2, 0.25) is 0 Å². The van der Waals surface area contributed by atoms with Crippen molar-refractivity contribution in [2.75, 3.05) is 14.1 Å². The van der Waals surface area contributed by atoms with E-state index in [1.54, 1.807) is 0 Å². The van der Waals surface area contributed by atoms with Gasteiger partial charge >= 0.3 is 22.4 Å². The Kier molecular flexibility index (Phi) is 76.9. The van der Waals surface area contributed by atoms with Crippen LogP contribution in [0.1, 0.15) is 0 Å². The van der Waals surface area contributed by atoms with Crippen LogP contribution in [0.3, 0.4) is 0 Å². The Morgan fingerprint density at radius 1 is 1.20 bits per heavy atom. The van der Waals surface area contributed by atoms with E-state index >= 15 is 0 Å². The third kappa shape index (κ3) is 69.9. The molecule has 38 valence electrons. The summed E-state index contributed by atoms with van der Waals surface area (Å²) in [4.78, 5) is 0. The molecule has 0 bridgehead atoms. The molecular weight excluding hydrogens is 158 g/mol. The van der Waals surface area contributed by atoms with Crippen LogP contribution in [0, 0.1) is 7.43 Å². The molecule has 0 aliphatic carbocycles. The minimum absolute atomic E-state index is 0. The molecule has 1 N–H and O–H groups in total. The number of hydrogen-bond acceptors (Lipinski definition) is 1. The standard InChI is InChI=1S/C2H7N.CH3.Ag/c1-3-2;;/h3H,1-2H3;1H3;/q;-1;+1. The Morgan fingerprint density at radius 3 is 1.20 bits per heavy atom. The predicted octanol–water partition coefficient (Wildman–Crippen LogP) is 0.283. The summed E-state index contributed by atoms with van der Waals surface area (Å²) < 4.78 is 0. The Bertz CT molecular complexity index is 6.85. The third-order valence-corrected chi connectivity index (χ3v) is 0. The van der Waals surface area contributed by atoms with E-state index in [9.17, 15) is 0 Å². The maximum atomic E-state index is 2.75. The summed E-state index contributed by atoms with van der Waals surface area (Å²) >= 11 is 0. The van der Waals surface area contributed by atoms with Crippen molar-refractivity contribution in [3.05, 3.63) is 7.43 Å². The van der Waals surface area contributed by atoms with Crippen molar-refractivity contribution < 1.29 is 22.4 Å². The van der Waals surface area contributed by atoms with Crippen molar-refractivity contribution in [1.29, 1.82) is 0 Å². The minimum Gasteiger partial charge on any atom is -0.358 e. The average molecular weight is 168 g/mol. The van der Waals surface area contributed by atoms with Crippen LogP contribution in [0.2, 0.25) is 0 Å². The average Bonchev–Trinajstić information content (AvgIpc) is 0.918. The summed E-state index contributed by atoms with van der Waals surface area (Å²) in [5, 5.41) is 2.75. The van der Waals surface area contributed by atoms with Crippen LogP contribution in [0.25, 0.3) is 0 Å². The quantitative estimate of drug-likeness (QED) is 0.404. The van der Waals surface area contributed by atoms with E-state index < -0.39 is 0 Å². The molecule has 0 saturated carbocycles. The van der Waals surface area contributed by atoms with Gasteiger partial charge in [-0.05, 0) is 14.1 Å². The van der Waals surface area contributed by atoms with Crippen LogP contribution >= 0.6 is 0 Å². The van der Waals surface area contributed by atoms with Crippen LogP contribution < -0.4 is 5.32 Å². The predicted molar refractivity (Wildman–Crippen MR) is 21.4 cm³/mol. The molecule has 0 heterocycles. The van der Waals surface area contributed by atoms with E-state index in [4.69, 9.17) is 0 Å². The molecule has 0 rings (SSSR count). The first-order valence-electron chi connectivity index (χ1n) is 1.00. The molecule has 1 nitrogen and oxygen atoms in total. The van der Waals surface area contributed by atoms with E-state index in [0.29, 0.717) is 0 Å². The van der Waals surface area contributed by atoms with E-state index in [1.165, 1.54) is 0 Å². The van der Waals surface area contributed by atoms with E-state index in [-0.39, 0.29) is 29.8 Å². The SMILES string of the molecule is CNC.[Ag+].[CH3-]. The van der Waals surface area contributed by atoms with Crippen LogP contribution in [0.5, 0.6) is 0 Å². The molecule has 0 amide bonds. The van der Waals surface area contributed by atoms with Gasteiger partial charge in [-0.25, -0.2) is 0 Å². The fourth-order valence-electron chi connectivity index (χ4n) is 0. The molecule has 5 heavy (non-hydrogen) atoms. The van der Waals surface area contributed by atoms with Gasteiger partial charge in [0.1, 0.15) is 0 Å². The Labute approximate surface area is 49.7 Å². The van der Waals surface area contributed by atoms with E-state index in [2.05, 4.69) is 5.32 Å². The first kappa shape index (κ1) is 17.3. The van der Waals surface area contributed by atoms with Crippen LogP contribution in [-0.4, -0.2) is 14.1 Å². The Hall–Kier alpha value is 0.700. The van der Waals surface area contributed by atoms with Gasteiger partial charge in [0.15, 0.2) is 0 Å². The molecule has 0 radical (unpaired) electrons. The Balaban J connectivity index is -0.0000000200. The fraction of sp³-hybridized carbons (Fsp3) is 0.667. The summed E-state index contributed by atoms with van der Waals surface area (Å²) in [5.41, 5.74) is 0. The topological polar surface area (TPSA) is 12.0 Å². The second-order valence-corrected chi connectivity index (χ2v) is 0.500. The van der Waals surface area contributed by atoms with Crippen LogP contribution in [0.4, 0.5) is 0 Å². The van der Waals surface area contributed by atoms with Crippen LogP contribution in [-0.2, 0) is 22.4 Å². The molecule has 0 unspecified atom stereocenters. The molecular formula is C3H10AgN. The van der Waals surface area contributed by atoms with Crippen molar-refractivity contribution in [2.24, 2.45) is 0 Å². The van der Waals surface area contributed by atoms with Crippen molar-refractivity contribution in [3.63, 3.8) is 0 Å². The molecule has 0 fully saturated rings. The normalized spacial score (nSPS) is 3.60. The second-order valence-electron chi connectivity index (χ2n) is 0.500. The van der Waals surface area contributed by atoms with E-state index in [1.807, 2.05) is 14.1 Å². The van der Waals surface area contributed by atoms with Gasteiger partial charge in [-0.3, -0.25) is 0 Å². The molecule has 0 aliphatic heterocycles. The summed E-state index contributed by atoms with van der Waals surface area (Å²) in [6, 6.07) is 0. The van der Waals surface area contributed by atoms with Crippen molar-refractivity contribution in [1.82, 2.24) is 5.32 Å². The molecule has 0 spiro atoms. The monoisotopic (exact) mass is 167 g/mol. The molecule has 2 heteroatoms. The second kappa shape index (κ2) is 22.3. The first-order valence-corrected chi connectivity index (χ1v) is 1.00. The van der Waals surface area contributed by atoms with Crippen molar-refractivity contribution in [2.45, 2.75) is 0 Å². The summed E-state index contributed by atoms with van der Waals surface area (Å²) in [5.74, 6) is 0. The summed E-state index contributed by atoms with van der Waals surface area (Å²) in [6.45, 7) is 0. The fourth-order valence-corrected chi connectivity index (χ4v) is 0. The summed E-state index contributed by atoms with van der Waals surface area (Å²) in [7, 11) is 3.75. The van der Waals surface area contributed by atoms with Gasteiger partial charge in [-0.15, -0.1) is 0 Å². The molecule has 0 aromatic heterocycles. The molecule has 0 saturated heterocycles. The first-order chi connectivity index (χ1) is 1.41. The number of nitrogens with one attached hydrogen (secondary N) is 1. The molecule has 0 aromatic carbocycles. The molecule has 0 aliphatic rings. The van der Waals surface area contributed by atoms with Crippen LogP contribution in [0.15, 0.2) is 0 Å². The smallest absolute Gasteiger partial charge is 0.358 e. The van der Waals surface area contributed by atoms with Gasteiger partial charge in [-0.2, -0.15) is 0 Å².